The number of rotatable bonds is 5. The smallest absolute Gasteiger partial charge is 0.229 e. The van der Waals surface area contributed by atoms with Gasteiger partial charge in [-0.1, -0.05) is 12.1 Å². The highest BCUT2D eigenvalue weighted by molar-refractivity contribution is 5.79. The maximum absolute atomic E-state index is 12.7. The molecule has 1 aromatic heterocycles. The number of likely N-dealkylation sites (N-methyl/N-ethyl adjacent to an activating group) is 1. The van der Waals surface area contributed by atoms with E-state index in [1.165, 1.54) is 0 Å². The molecule has 1 aromatic carbocycles. The van der Waals surface area contributed by atoms with Gasteiger partial charge in [-0.3, -0.25) is 9.48 Å². The number of hydrogen-bond donors (Lipinski definition) is 0. The molecule has 0 spiro atoms. The lowest BCUT2D eigenvalue weighted by Crippen LogP contribution is -2.39. The van der Waals surface area contributed by atoms with Gasteiger partial charge in [0.25, 0.3) is 0 Å². The van der Waals surface area contributed by atoms with E-state index in [9.17, 15) is 4.79 Å². The van der Waals surface area contributed by atoms with Gasteiger partial charge >= 0.3 is 0 Å². The molecule has 2 aromatic rings. The highest BCUT2D eigenvalue weighted by Crippen LogP contribution is 2.36. The Bertz CT molecular complexity index is 726. The number of aromatic nitrogens is 2. The van der Waals surface area contributed by atoms with Crippen molar-refractivity contribution in [2.24, 2.45) is 13.0 Å². The summed E-state index contributed by atoms with van der Waals surface area (Å²) >= 11 is 0. The van der Waals surface area contributed by atoms with Gasteiger partial charge in [-0.2, -0.15) is 5.10 Å². The lowest BCUT2D eigenvalue weighted by Gasteiger charge is -2.29. The summed E-state index contributed by atoms with van der Waals surface area (Å²) in [5.41, 5.74) is 2.16. The second-order valence-electron chi connectivity index (χ2n) is 6.19. The maximum atomic E-state index is 12.7. The molecule has 0 radical (unpaired) electrons. The third kappa shape index (κ3) is 3.37. The molecule has 1 aliphatic rings. The minimum absolute atomic E-state index is 0.118. The zero-order valence-corrected chi connectivity index (χ0v) is 14.4. The normalized spacial score (nSPS) is 16.2. The van der Waals surface area contributed by atoms with Crippen molar-refractivity contribution in [3.63, 3.8) is 0 Å². The van der Waals surface area contributed by atoms with Crippen LogP contribution >= 0.6 is 0 Å². The molecule has 128 valence electrons. The van der Waals surface area contributed by atoms with Gasteiger partial charge in [-0.25, -0.2) is 0 Å². The molecule has 1 amide bonds. The van der Waals surface area contributed by atoms with Gasteiger partial charge in [-0.15, -0.1) is 0 Å². The number of carbonyl (C=O) groups excluding carboxylic acids is 1. The van der Waals surface area contributed by atoms with Gasteiger partial charge < -0.3 is 14.4 Å². The maximum Gasteiger partial charge on any atom is 0.229 e. The van der Waals surface area contributed by atoms with E-state index in [4.69, 9.17) is 9.47 Å². The molecule has 1 atom stereocenters. The second-order valence-corrected chi connectivity index (χ2v) is 6.19. The van der Waals surface area contributed by atoms with E-state index < -0.39 is 0 Å². The molecular formula is C18H23N3O3. The molecule has 6 heteroatoms. The van der Waals surface area contributed by atoms with Crippen LogP contribution in [0.1, 0.15) is 11.1 Å². The third-order valence-electron chi connectivity index (χ3n) is 4.40. The summed E-state index contributed by atoms with van der Waals surface area (Å²) in [5.74, 6) is 1.46. The van der Waals surface area contributed by atoms with Gasteiger partial charge in [0.05, 0.1) is 19.2 Å². The van der Waals surface area contributed by atoms with Crippen molar-refractivity contribution in [2.45, 2.75) is 12.8 Å². The van der Waals surface area contributed by atoms with Crippen LogP contribution in [0.15, 0.2) is 30.6 Å². The van der Waals surface area contributed by atoms with Crippen LogP contribution in [0.2, 0.25) is 0 Å². The van der Waals surface area contributed by atoms with Crippen molar-refractivity contribution in [1.82, 2.24) is 14.7 Å². The number of hydrogen-bond acceptors (Lipinski definition) is 4. The van der Waals surface area contributed by atoms with Crippen LogP contribution in [-0.4, -0.2) is 47.9 Å². The Morgan fingerprint density at radius 3 is 3.04 bits per heavy atom. The minimum atomic E-state index is -0.150. The largest absolute Gasteiger partial charge is 0.493 e. The van der Waals surface area contributed by atoms with Crippen molar-refractivity contribution >= 4 is 5.91 Å². The number of ether oxygens (including phenoxy) is 2. The van der Waals surface area contributed by atoms with Crippen molar-refractivity contribution in [3.8, 4) is 11.5 Å². The lowest BCUT2D eigenvalue weighted by atomic mass is 9.95. The fourth-order valence-corrected chi connectivity index (χ4v) is 3.03. The first-order valence-electron chi connectivity index (χ1n) is 8.09. The van der Waals surface area contributed by atoms with Crippen LogP contribution in [0.25, 0.3) is 0 Å². The van der Waals surface area contributed by atoms with Crippen molar-refractivity contribution in [1.29, 1.82) is 0 Å². The van der Waals surface area contributed by atoms with E-state index >= 15 is 0 Å². The molecule has 0 N–H and O–H groups in total. The Labute approximate surface area is 142 Å². The average Bonchev–Trinajstić information content (AvgIpc) is 3.03. The van der Waals surface area contributed by atoms with Gasteiger partial charge in [0.1, 0.15) is 6.61 Å². The highest BCUT2D eigenvalue weighted by Gasteiger charge is 2.29. The molecule has 2 heterocycles. The molecule has 0 aliphatic carbocycles. The van der Waals surface area contributed by atoms with Gasteiger partial charge in [0.15, 0.2) is 11.5 Å². The predicted octanol–water partition coefficient (Wildman–Crippen LogP) is 1.68. The fourth-order valence-electron chi connectivity index (χ4n) is 3.03. The first-order valence-corrected chi connectivity index (χ1v) is 8.09. The zero-order chi connectivity index (χ0) is 17.1. The number of para-hydroxylation sites is 1. The molecule has 0 saturated heterocycles. The Morgan fingerprint density at radius 1 is 1.50 bits per heavy atom. The molecule has 0 bridgehead atoms. The van der Waals surface area contributed by atoms with Crippen molar-refractivity contribution < 1.29 is 14.3 Å². The van der Waals surface area contributed by atoms with Gasteiger partial charge in [0.2, 0.25) is 5.91 Å². The van der Waals surface area contributed by atoms with Crippen molar-refractivity contribution in [2.75, 3.05) is 27.3 Å². The molecule has 1 unspecified atom stereocenters. The summed E-state index contributed by atoms with van der Waals surface area (Å²) in [4.78, 5) is 14.5. The lowest BCUT2D eigenvalue weighted by molar-refractivity contribution is -0.135. The third-order valence-corrected chi connectivity index (χ3v) is 4.40. The van der Waals surface area contributed by atoms with E-state index in [0.29, 0.717) is 19.6 Å². The summed E-state index contributed by atoms with van der Waals surface area (Å²) in [7, 11) is 5.37. The SMILES string of the molecule is COc1cccc2c1OCC(C(=O)N(C)CCc1cnn(C)c1)C2. The summed E-state index contributed by atoms with van der Waals surface area (Å²) < 4.78 is 12.9. The number of aryl methyl sites for hydroxylation is 1. The van der Waals surface area contributed by atoms with Gasteiger partial charge in [-0.05, 0) is 30.0 Å². The first kappa shape index (κ1) is 16.4. The number of benzene rings is 1. The minimum Gasteiger partial charge on any atom is -0.493 e. The van der Waals surface area contributed by atoms with Crippen LogP contribution in [0.3, 0.4) is 0 Å². The van der Waals surface area contributed by atoms with E-state index in [-0.39, 0.29) is 11.8 Å². The van der Waals surface area contributed by atoms with Crippen LogP contribution in [0.4, 0.5) is 0 Å². The monoisotopic (exact) mass is 329 g/mol. The Morgan fingerprint density at radius 2 is 2.33 bits per heavy atom. The Balaban J connectivity index is 1.61. The topological polar surface area (TPSA) is 56.6 Å². The number of carbonyl (C=O) groups is 1. The van der Waals surface area contributed by atoms with Crippen LogP contribution in [0, 0.1) is 5.92 Å². The summed E-state index contributed by atoms with van der Waals surface area (Å²) in [6.45, 7) is 1.06. The standard InChI is InChI=1S/C18H23N3O3/c1-20(8-7-13-10-19-21(2)11-13)18(22)15-9-14-5-4-6-16(23-3)17(14)24-12-15/h4-6,10-11,15H,7-9,12H2,1-3H3. The fraction of sp³-hybridized carbons (Fsp3) is 0.444. The summed E-state index contributed by atoms with van der Waals surface area (Å²) in [5, 5.41) is 4.15. The molecule has 3 rings (SSSR count). The van der Waals surface area contributed by atoms with E-state index in [2.05, 4.69) is 5.10 Å². The van der Waals surface area contributed by atoms with Crippen LogP contribution < -0.4 is 9.47 Å². The average molecular weight is 329 g/mol. The Kier molecular flexibility index (Phi) is 4.74. The van der Waals surface area contributed by atoms with Crippen LogP contribution in [-0.2, 0) is 24.7 Å². The van der Waals surface area contributed by atoms with E-state index in [1.807, 2.05) is 44.7 Å². The van der Waals surface area contributed by atoms with Gasteiger partial charge in [0, 0.05) is 26.8 Å². The molecule has 0 fully saturated rings. The molecule has 6 nitrogen and oxygen atoms in total. The number of nitrogens with zero attached hydrogens (tertiary/aromatic N) is 3. The molecule has 1 aliphatic heterocycles. The summed E-state index contributed by atoms with van der Waals surface area (Å²) in [6, 6.07) is 5.80. The molecule has 0 saturated carbocycles. The van der Waals surface area contributed by atoms with Crippen LogP contribution in [0.5, 0.6) is 11.5 Å². The second kappa shape index (κ2) is 6.95. The Hall–Kier alpha value is -2.50. The summed E-state index contributed by atoms with van der Waals surface area (Å²) in [6.07, 6.45) is 5.30. The van der Waals surface area contributed by atoms with E-state index in [1.54, 1.807) is 16.7 Å². The number of methoxy groups -OCH3 is 1. The number of amides is 1. The number of fused-ring (bicyclic) bond motifs is 1. The predicted molar refractivity (Wildman–Crippen MR) is 90.2 cm³/mol. The molecule has 24 heavy (non-hydrogen) atoms. The zero-order valence-electron chi connectivity index (χ0n) is 14.4. The highest BCUT2D eigenvalue weighted by atomic mass is 16.5. The van der Waals surface area contributed by atoms with E-state index in [0.717, 1.165) is 29.0 Å². The first-order chi connectivity index (χ1) is 11.6. The van der Waals surface area contributed by atoms with Crippen molar-refractivity contribution in [3.05, 3.63) is 41.7 Å². The molecular weight excluding hydrogens is 306 g/mol. The quantitative estimate of drug-likeness (QED) is 0.837.